The number of hydrogen-bond acceptors (Lipinski definition) is 5. The van der Waals surface area contributed by atoms with Gasteiger partial charge in [-0.25, -0.2) is 0 Å². The minimum Gasteiger partial charge on any atom is -0.503 e. The predicted octanol–water partition coefficient (Wildman–Crippen LogP) is 2.71. The Morgan fingerprint density at radius 2 is 2.04 bits per heavy atom. The van der Waals surface area contributed by atoms with Gasteiger partial charge < -0.3 is 19.6 Å². The van der Waals surface area contributed by atoms with E-state index in [9.17, 15) is 14.7 Å². The summed E-state index contributed by atoms with van der Waals surface area (Å²) in [5.41, 5.74) is 0.939. The second-order valence-corrected chi connectivity index (χ2v) is 6.98. The highest BCUT2D eigenvalue weighted by molar-refractivity contribution is 6.08. The molecule has 1 N–H and O–H groups in total. The molecule has 1 aromatic carbocycles. The fourth-order valence-electron chi connectivity index (χ4n) is 3.04. The quantitative estimate of drug-likeness (QED) is 0.772. The molecule has 6 heteroatoms. The van der Waals surface area contributed by atoms with Crippen LogP contribution >= 0.6 is 0 Å². The number of nitrogens with zero attached hydrogens (tertiary/aromatic N) is 2. The van der Waals surface area contributed by atoms with Crippen LogP contribution in [0.25, 0.3) is 0 Å². The lowest BCUT2D eigenvalue weighted by Crippen LogP contribution is -2.36. The van der Waals surface area contributed by atoms with Crippen LogP contribution in [0.3, 0.4) is 0 Å². The van der Waals surface area contributed by atoms with Gasteiger partial charge >= 0.3 is 0 Å². The highest BCUT2D eigenvalue weighted by Crippen LogP contribution is 2.39. The van der Waals surface area contributed by atoms with Crippen LogP contribution in [0.1, 0.15) is 38.8 Å². The first-order valence-corrected chi connectivity index (χ1v) is 8.94. The van der Waals surface area contributed by atoms with Crippen LogP contribution in [-0.2, 0) is 9.59 Å². The van der Waals surface area contributed by atoms with Crippen molar-refractivity contribution in [2.75, 3.05) is 27.2 Å². The van der Waals surface area contributed by atoms with Crippen molar-refractivity contribution in [3.8, 4) is 5.75 Å². The van der Waals surface area contributed by atoms with E-state index in [1.807, 2.05) is 57.1 Å². The van der Waals surface area contributed by atoms with E-state index in [0.29, 0.717) is 18.8 Å². The zero-order valence-corrected chi connectivity index (χ0v) is 16.2. The van der Waals surface area contributed by atoms with Crippen LogP contribution in [0.4, 0.5) is 0 Å². The SMILES string of the molecule is CCC(=O)C1=C(O)C(=O)N(CCN(C)C)C1c1cccc(OC(C)C)c1. The number of amides is 1. The molecule has 0 spiro atoms. The van der Waals surface area contributed by atoms with E-state index < -0.39 is 17.7 Å². The van der Waals surface area contributed by atoms with Gasteiger partial charge in [-0.15, -0.1) is 0 Å². The molecule has 1 aliphatic rings. The number of aliphatic hydroxyl groups excluding tert-OH is 1. The Morgan fingerprint density at radius 1 is 1.35 bits per heavy atom. The van der Waals surface area contributed by atoms with Gasteiger partial charge in [0, 0.05) is 19.5 Å². The first kappa shape index (κ1) is 20.0. The molecule has 0 saturated heterocycles. The van der Waals surface area contributed by atoms with E-state index in [1.54, 1.807) is 11.8 Å². The molecule has 142 valence electrons. The summed E-state index contributed by atoms with van der Waals surface area (Å²) in [6.45, 7) is 6.65. The topological polar surface area (TPSA) is 70.1 Å². The predicted molar refractivity (Wildman–Crippen MR) is 100 cm³/mol. The zero-order valence-electron chi connectivity index (χ0n) is 16.2. The van der Waals surface area contributed by atoms with E-state index in [0.717, 1.165) is 5.56 Å². The van der Waals surface area contributed by atoms with Crippen molar-refractivity contribution < 1.29 is 19.4 Å². The minimum absolute atomic E-state index is 0.0148. The highest BCUT2D eigenvalue weighted by atomic mass is 16.5. The van der Waals surface area contributed by atoms with Crippen LogP contribution in [-0.4, -0.2) is 59.9 Å². The van der Waals surface area contributed by atoms with Gasteiger partial charge in [0.2, 0.25) is 0 Å². The Labute approximate surface area is 155 Å². The summed E-state index contributed by atoms with van der Waals surface area (Å²) < 4.78 is 5.75. The van der Waals surface area contributed by atoms with Crippen LogP contribution in [0.15, 0.2) is 35.6 Å². The van der Waals surface area contributed by atoms with E-state index in [4.69, 9.17) is 4.74 Å². The van der Waals surface area contributed by atoms with E-state index in [-0.39, 0.29) is 23.9 Å². The monoisotopic (exact) mass is 360 g/mol. The lowest BCUT2D eigenvalue weighted by molar-refractivity contribution is -0.129. The molecule has 6 nitrogen and oxygen atoms in total. The Balaban J connectivity index is 2.46. The van der Waals surface area contributed by atoms with Crippen molar-refractivity contribution in [3.05, 3.63) is 41.2 Å². The number of benzene rings is 1. The summed E-state index contributed by atoms with van der Waals surface area (Å²) in [6.07, 6.45) is 0.244. The zero-order chi connectivity index (χ0) is 19.4. The Bertz CT molecular complexity index is 710. The summed E-state index contributed by atoms with van der Waals surface area (Å²) in [5, 5.41) is 10.4. The van der Waals surface area contributed by atoms with Crippen molar-refractivity contribution in [1.82, 2.24) is 9.80 Å². The van der Waals surface area contributed by atoms with Gasteiger partial charge in [-0.2, -0.15) is 0 Å². The first-order chi connectivity index (χ1) is 12.3. The fourth-order valence-corrected chi connectivity index (χ4v) is 3.04. The number of Topliss-reactive ketones (excluding diaryl/α,β-unsaturated/α-hetero) is 1. The fraction of sp³-hybridized carbons (Fsp3) is 0.500. The molecule has 1 heterocycles. The molecule has 0 fully saturated rings. The largest absolute Gasteiger partial charge is 0.503 e. The number of likely N-dealkylation sites (N-methyl/N-ethyl adjacent to an activating group) is 1. The van der Waals surface area contributed by atoms with Crippen molar-refractivity contribution in [2.45, 2.75) is 39.3 Å². The molecular weight excluding hydrogens is 332 g/mol. The minimum atomic E-state index is -0.592. The standard InChI is InChI=1S/C20H28N2O4/c1-6-16(23)17-18(14-8-7-9-15(12-14)26-13(2)3)22(11-10-21(4)5)20(25)19(17)24/h7-9,12-13,18,24H,6,10-11H2,1-5H3. The van der Waals surface area contributed by atoms with E-state index in [2.05, 4.69) is 0 Å². The van der Waals surface area contributed by atoms with E-state index >= 15 is 0 Å². The second-order valence-electron chi connectivity index (χ2n) is 6.98. The molecule has 0 saturated carbocycles. The maximum Gasteiger partial charge on any atom is 0.290 e. The molecule has 0 radical (unpaired) electrons. The van der Waals surface area contributed by atoms with Crippen molar-refractivity contribution in [2.24, 2.45) is 0 Å². The number of aliphatic hydroxyl groups is 1. The summed E-state index contributed by atoms with van der Waals surface area (Å²) in [4.78, 5) is 28.6. The number of carbonyl (C=O) groups excluding carboxylic acids is 2. The number of carbonyl (C=O) groups is 2. The Hall–Kier alpha value is -2.34. The van der Waals surface area contributed by atoms with Gasteiger partial charge in [-0.05, 0) is 45.6 Å². The third-order valence-electron chi connectivity index (χ3n) is 4.26. The van der Waals surface area contributed by atoms with Gasteiger partial charge in [-0.1, -0.05) is 19.1 Å². The molecule has 26 heavy (non-hydrogen) atoms. The molecule has 0 aromatic heterocycles. The Morgan fingerprint density at radius 3 is 2.62 bits per heavy atom. The number of ketones is 1. The molecule has 1 amide bonds. The third kappa shape index (κ3) is 4.25. The van der Waals surface area contributed by atoms with Crippen LogP contribution in [0.5, 0.6) is 5.75 Å². The van der Waals surface area contributed by atoms with Crippen molar-refractivity contribution in [3.63, 3.8) is 0 Å². The molecule has 0 aliphatic carbocycles. The van der Waals surface area contributed by atoms with Crippen molar-refractivity contribution >= 4 is 11.7 Å². The molecule has 1 aliphatic heterocycles. The van der Waals surface area contributed by atoms with Crippen LogP contribution in [0.2, 0.25) is 0 Å². The molecule has 1 aromatic rings. The van der Waals surface area contributed by atoms with Gasteiger partial charge in [-0.3, -0.25) is 9.59 Å². The average Bonchev–Trinajstić information content (AvgIpc) is 2.83. The molecule has 1 atom stereocenters. The summed E-state index contributed by atoms with van der Waals surface area (Å²) in [7, 11) is 3.83. The summed E-state index contributed by atoms with van der Waals surface area (Å²) in [6, 6.07) is 6.78. The Kier molecular flexibility index (Phi) is 6.42. The maximum atomic E-state index is 12.6. The maximum absolute atomic E-state index is 12.6. The van der Waals surface area contributed by atoms with E-state index in [1.165, 1.54) is 0 Å². The molecular formula is C20H28N2O4. The number of hydrogen-bond donors (Lipinski definition) is 1. The van der Waals surface area contributed by atoms with Gasteiger partial charge in [0.15, 0.2) is 11.5 Å². The van der Waals surface area contributed by atoms with Gasteiger partial charge in [0.25, 0.3) is 5.91 Å². The third-order valence-corrected chi connectivity index (χ3v) is 4.26. The van der Waals surface area contributed by atoms with Crippen molar-refractivity contribution in [1.29, 1.82) is 0 Å². The number of ether oxygens (including phenoxy) is 1. The van der Waals surface area contributed by atoms with Crippen LogP contribution in [0, 0.1) is 0 Å². The molecule has 1 unspecified atom stereocenters. The summed E-state index contributed by atoms with van der Waals surface area (Å²) >= 11 is 0. The second kappa shape index (κ2) is 8.36. The van der Waals surface area contributed by atoms with Crippen LogP contribution < -0.4 is 4.74 Å². The first-order valence-electron chi connectivity index (χ1n) is 8.94. The molecule has 0 bridgehead atoms. The average molecular weight is 360 g/mol. The lowest BCUT2D eigenvalue weighted by Gasteiger charge is -2.28. The lowest BCUT2D eigenvalue weighted by atomic mass is 9.95. The van der Waals surface area contributed by atoms with Gasteiger partial charge in [0.05, 0.1) is 17.7 Å². The van der Waals surface area contributed by atoms with Gasteiger partial charge in [0.1, 0.15) is 5.75 Å². The smallest absolute Gasteiger partial charge is 0.290 e. The highest BCUT2D eigenvalue weighted by Gasteiger charge is 2.42. The number of rotatable bonds is 8. The summed E-state index contributed by atoms with van der Waals surface area (Å²) in [5.74, 6) is -0.477. The normalized spacial score (nSPS) is 17.6. The molecule has 2 rings (SSSR count).